The molecule has 1 aromatic rings. The molecular weight excluding hydrogens is 188 g/mol. The third-order valence-electron chi connectivity index (χ3n) is 3.62. The predicted molar refractivity (Wildman–Crippen MR) is 58.0 cm³/mol. The molecule has 1 saturated carbocycles. The van der Waals surface area contributed by atoms with Crippen LogP contribution in [0.2, 0.25) is 0 Å². The van der Waals surface area contributed by atoms with Crippen LogP contribution in [0.1, 0.15) is 36.8 Å². The number of hydrogen-bond acceptors (Lipinski definition) is 2. The van der Waals surface area contributed by atoms with Gasteiger partial charge in [-0.05, 0) is 37.7 Å². The van der Waals surface area contributed by atoms with E-state index in [0.717, 1.165) is 50.0 Å². The van der Waals surface area contributed by atoms with Gasteiger partial charge in [-0.25, -0.2) is 0 Å². The lowest BCUT2D eigenvalue weighted by atomic mass is 9.74. The molecule has 1 aliphatic heterocycles. The van der Waals surface area contributed by atoms with E-state index in [1.807, 2.05) is 12.1 Å². The van der Waals surface area contributed by atoms with E-state index in [-0.39, 0.29) is 0 Å². The van der Waals surface area contributed by atoms with Crippen molar-refractivity contribution < 1.29 is 9.84 Å². The first-order chi connectivity index (χ1) is 7.30. The second-order valence-corrected chi connectivity index (χ2v) is 4.63. The Morgan fingerprint density at radius 2 is 2.07 bits per heavy atom. The second-order valence-electron chi connectivity index (χ2n) is 4.63. The maximum Gasteiger partial charge on any atom is 0.128 e. The summed E-state index contributed by atoms with van der Waals surface area (Å²) in [7, 11) is 0. The fraction of sp³-hybridized carbons (Fsp3) is 0.538. The third-order valence-corrected chi connectivity index (χ3v) is 3.62. The molecule has 0 amide bonds. The van der Waals surface area contributed by atoms with Crippen molar-refractivity contribution in [3.63, 3.8) is 0 Å². The quantitative estimate of drug-likeness (QED) is 0.761. The number of para-hydroxylation sites is 1. The molecule has 1 N–H and O–H groups in total. The van der Waals surface area contributed by atoms with Gasteiger partial charge in [-0.3, -0.25) is 0 Å². The third kappa shape index (κ3) is 1.36. The number of hydrogen-bond donors (Lipinski definition) is 1. The molecule has 1 aromatic carbocycles. The van der Waals surface area contributed by atoms with E-state index in [4.69, 9.17) is 4.74 Å². The normalized spacial score (nSPS) is 22.5. The van der Waals surface area contributed by atoms with Crippen molar-refractivity contribution in [2.24, 2.45) is 0 Å². The topological polar surface area (TPSA) is 29.5 Å². The van der Waals surface area contributed by atoms with Crippen LogP contribution in [0.25, 0.3) is 0 Å². The first-order valence-electron chi connectivity index (χ1n) is 5.77. The zero-order valence-electron chi connectivity index (χ0n) is 8.83. The van der Waals surface area contributed by atoms with E-state index >= 15 is 0 Å². The summed E-state index contributed by atoms with van der Waals surface area (Å²) in [6, 6.07) is 6.17. The summed E-state index contributed by atoms with van der Waals surface area (Å²) in [5.41, 5.74) is 1.69. The molecule has 0 aromatic heterocycles. The van der Waals surface area contributed by atoms with Crippen LogP contribution in [0.3, 0.4) is 0 Å². The van der Waals surface area contributed by atoms with E-state index in [2.05, 4.69) is 6.07 Å². The molecule has 3 rings (SSSR count). The Bertz CT molecular complexity index is 380. The van der Waals surface area contributed by atoms with Gasteiger partial charge < -0.3 is 9.84 Å². The average molecular weight is 204 g/mol. The van der Waals surface area contributed by atoms with Crippen LogP contribution in [-0.2, 0) is 12.0 Å². The van der Waals surface area contributed by atoms with Gasteiger partial charge in [-0.1, -0.05) is 18.2 Å². The smallest absolute Gasteiger partial charge is 0.128 e. The highest BCUT2D eigenvalue weighted by Crippen LogP contribution is 2.46. The molecule has 2 aliphatic rings. The van der Waals surface area contributed by atoms with Gasteiger partial charge in [0.25, 0.3) is 0 Å². The summed E-state index contributed by atoms with van der Waals surface area (Å²) in [4.78, 5) is 0. The number of fused-ring (bicyclic) bond motifs is 1. The Hall–Kier alpha value is -1.02. The standard InChI is InChI=1S/C13H16O2/c14-13(7-3-8-13)11-6-1-4-10-5-2-9-15-12(10)11/h1,4,6,14H,2-3,5,7-9H2. The number of benzene rings is 1. The summed E-state index contributed by atoms with van der Waals surface area (Å²) in [5.74, 6) is 0.964. The van der Waals surface area contributed by atoms with E-state index in [1.54, 1.807) is 0 Å². The van der Waals surface area contributed by atoms with Crippen molar-refractivity contribution in [1.82, 2.24) is 0 Å². The van der Waals surface area contributed by atoms with Crippen molar-refractivity contribution in [2.45, 2.75) is 37.7 Å². The minimum Gasteiger partial charge on any atom is -0.493 e. The monoisotopic (exact) mass is 204 g/mol. The molecule has 15 heavy (non-hydrogen) atoms. The lowest BCUT2D eigenvalue weighted by molar-refractivity contribution is -0.0411. The van der Waals surface area contributed by atoms with E-state index < -0.39 is 5.60 Å². The molecule has 0 bridgehead atoms. The van der Waals surface area contributed by atoms with Gasteiger partial charge in [0.15, 0.2) is 0 Å². The number of aryl methyl sites for hydroxylation is 1. The van der Waals surface area contributed by atoms with Crippen molar-refractivity contribution in [2.75, 3.05) is 6.61 Å². The first kappa shape index (κ1) is 9.22. The molecule has 1 heterocycles. The maximum absolute atomic E-state index is 10.4. The summed E-state index contributed by atoms with van der Waals surface area (Å²) in [6.45, 7) is 0.792. The number of aliphatic hydroxyl groups is 1. The Morgan fingerprint density at radius 1 is 1.20 bits per heavy atom. The lowest BCUT2D eigenvalue weighted by Crippen LogP contribution is -2.34. The largest absolute Gasteiger partial charge is 0.493 e. The fourth-order valence-corrected chi connectivity index (χ4v) is 2.54. The summed E-state index contributed by atoms with van der Waals surface area (Å²) >= 11 is 0. The first-order valence-corrected chi connectivity index (χ1v) is 5.77. The Morgan fingerprint density at radius 3 is 2.80 bits per heavy atom. The SMILES string of the molecule is OC1(c2cccc3c2OCCC3)CCC1. The predicted octanol–water partition coefficient (Wildman–Crippen LogP) is 2.38. The highest BCUT2D eigenvalue weighted by atomic mass is 16.5. The minimum atomic E-state index is -0.595. The van der Waals surface area contributed by atoms with Crippen LogP contribution in [0.4, 0.5) is 0 Å². The van der Waals surface area contributed by atoms with Gasteiger partial charge >= 0.3 is 0 Å². The van der Waals surface area contributed by atoms with E-state index in [1.165, 1.54) is 5.56 Å². The van der Waals surface area contributed by atoms with Crippen molar-refractivity contribution in [3.05, 3.63) is 29.3 Å². The maximum atomic E-state index is 10.4. The van der Waals surface area contributed by atoms with E-state index in [9.17, 15) is 5.11 Å². The van der Waals surface area contributed by atoms with Gasteiger partial charge in [0.1, 0.15) is 5.75 Å². The molecule has 1 aliphatic carbocycles. The molecule has 0 saturated heterocycles. The summed E-state index contributed by atoms with van der Waals surface area (Å²) < 4.78 is 5.72. The Balaban J connectivity index is 2.07. The lowest BCUT2D eigenvalue weighted by Gasteiger charge is -2.39. The van der Waals surface area contributed by atoms with Gasteiger partial charge in [-0.2, -0.15) is 0 Å². The molecule has 2 nitrogen and oxygen atoms in total. The molecule has 0 radical (unpaired) electrons. The average Bonchev–Trinajstić information content (AvgIpc) is 2.25. The Labute approximate surface area is 89.9 Å². The molecule has 0 spiro atoms. The van der Waals surface area contributed by atoms with Crippen molar-refractivity contribution >= 4 is 0 Å². The molecule has 0 atom stereocenters. The van der Waals surface area contributed by atoms with Gasteiger partial charge in [0.2, 0.25) is 0 Å². The van der Waals surface area contributed by atoms with Crippen LogP contribution in [0.5, 0.6) is 5.75 Å². The van der Waals surface area contributed by atoms with Gasteiger partial charge in [0.05, 0.1) is 12.2 Å². The van der Waals surface area contributed by atoms with Crippen LogP contribution >= 0.6 is 0 Å². The number of ether oxygens (including phenoxy) is 1. The molecule has 1 fully saturated rings. The van der Waals surface area contributed by atoms with Gasteiger partial charge in [-0.15, -0.1) is 0 Å². The van der Waals surface area contributed by atoms with Crippen LogP contribution in [-0.4, -0.2) is 11.7 Å². The summed E-state index contributed by atoms with van der Waals surface area (Å²) in [5, 5.41) is 10.4. The molecule has 2 heteroatoms. The van der Waals surface area contributed by atoms with Gasteiger partial charge in [0, 0.05) is 5.56 Å². The minimum absolute atomic E-state index is 0.595. The van der Waals surface area contributed by atoms with E-state index in [0.29, 0.717) is 0 Å². The Kier molecular flexibility index (Phi) is 1.99. The highest BCUT2D eigenvalue weighted by Gasteiger charge is 2.39. The zero-order valence-corrected chi connectivity index (χ0v) is 8.83. The van der Waals surface area contributed by atoms with Crippen molar-refractivity contribution in [1.29, 1.82) is 0 Å². The van der Waals surface area contributed by atoms with Crippen molar-refractivity contribution in [3.8, 4) is 5.75 Å². The molecule has 0 unspecified atom stereocenters. The van der Waals surface area contributed by atoms with Crippen LogP contribution in [0.15, 0.2) is 18.2 Å². The fourth-order valence-electron chi connectivity index (χ4n) is 2.54. The highest BCUT2D eigenvalue weighted by molar-refractivity contribution is 5.46. The molecule has 80 valence electrons. The second kappa shape index (κ2) is 3.24. The summed E-state index contributed by atoms with van der Waals surface area (Å²) in [6.07, 6.45) is 5.06. The van der Waals surface area contributed by atoms with Crippen LogP contribution in [0, 0.1) is 0 Å². The molecular formula is C13H16O2. The number of rotatable bonds is 1. The zero-order chi connectivity index (χ0) is 10.3. The van der Waals surface area contributed by atoms with Crippen LogP contribution < -0.4 is 4.74 Å².